The molecule has 14 nitrogen and oxygen atoms in total. The summed E-state index contributed by atoms with van der Waals surface area (Å²) in [6, 6.07) is 0. The molecule has 0 aliphatic carbocycles. The third kappa shape index (κ3) is 60.2. The van der Waals surface area contributed by atoms with E-state index in [2.05, 4.69) is 40.5 Å². The van der Waals surface area contributed by atoms with Gasteiger partial charge in [-0.05, 0) is 27.7 Å². The Hall–Kier alpha value is -8.24. The number of carbonyl (C=O) groups excluding carboxylic acids is 3. The zero-order valence-corrected chi connectivity index (χ0v) is 61.8. The molecule has 1 heterocycles. The summed E-state index contributed by atoms with van der Waals surface area (Å²) in [6.07, 6.45) is -1.11. The second-order valence-electron chi connectivity index (χ2n) is 11.1. The molecule has 0 aromatic carbocycles. The second kappa shape index (κ2) is 42.5. The van der Waals surface area contributed by atoms with Crippen LogP contribution in [0.5, 0.6) is 0 Å². The number of carbonyl (C=O) groups is 4. The fourth-order valence-corrected chi connectivity index (χ4v) is 1.55. The Morgan fingerprint density at radius 2 is 0.892 bits per heavy atom. The van der Waals surface area contributed by atoms with Gasteiger partial charge in [0.2, 0.25) is 0 Å². The third-order valence-corrected chi connectivity index (χ3v) is 4.68. The molecule has 0 radical (unpaired) electrons. The van der Waals surface area contributed by atoms with Crippen molar-refractivity contribution in [3.63, 3.8) is 0 Å². The predicted molar refractivity (Wildman–Crippen MR) is 190 cm³/mol. The van der Waals surface area contributed by atoms with Gasteiger partial charge < -0.3 is 66.8 Å². The van der Waals surface area contributed by atoms with Crippen molar-refractivity contribution < 1.29 is 121 Å². The van der Waals surface area contributed by atoms with E-state index in [-0.39, 0.29) is 28.8 Å². The van der Waals surface area contributed by atoms with E-state index >= 15 is 0 Å². The molecular formula is C35H50F12O14Rf4-4. The summed E-state index contributed by atoms with van der Waals surface area (Å²) in [5.41, 5.74) is 0.747. The largest absolute Gasteiger partial charge is 0.478 e. The molecule has 0 amide bonds. The van der Waals surface area contributed by atoms with Crippen LogP contribution >= 0.6 is 0 Å². The molecule has 30 heteroatoms. The van der Waals surface area contributed by atoms with Gasteiger partial charge in [0, 0.05) is 29.4 Å². The first-order valence-corrected chi connectivity index (χ1v) is 16.0. The number of aliphatic hydroxyl groups excluding tert-OH is 4. The van der Waals surface area contributed by atoms with Crippen molar-refractivity contribution in [2.45, 2.75) is 63.6 Å². The number of rotatable bonds is 20. The number of aliphatic carboxylic acids is 1. The minimum atomic E-state index is -3.72. The van der Waals surface area contributed by atoms with Crippen molar-refractivity contribution in [1.82, 2.24) is 0 Å². The van der Waals surface area contributed by atoms with Crippen molar-refractivity contribution in [3.05, 3.63) is 75.3 Å². The monoisotopic (exact) mass is 1990 g/mol. The number of carboxylic acid groups (broad SMARTS) is 1. The van der Waals surface area contributed by atoms with Crippen molar-refractivity contribution >= 4 is 23.9 Å². The fraction of sp³-hybridized carbons (Fsp3) is 0.543. The number of epoxide rings is 1. The van der Waals surface area contributed by atoms with Crippen LogP contribution in [0.3, 0.4) is 0 Å². The molecule has 0 aromatic rings. The van der Waals surface area contributed by atoms with Crippen molar-refractivity contribution in [2.75, 3.05) is 60.0 Å². The number of alkyl halides is 8. The molecular weight excluding hydrogens is 1940 g/mol. The van der Waals surface area contributed by atoms with Gasteiger partial charge in [0.25, 0.3) is 0 Å². The third-order valence-electron chi connectivity index (χ3n) is 4.68. The molecule has 1 aliphatic heterocycles. The Kier molecular flexibility index (Phi) is 52.7. The van der Waals surface area contributed by atoms with E-state index in [1.165, 1.54) is 20.8 Å². The number of carboxylic acids is 1. The molecule has 2 atom stereocenters. The maximum atomic E-state index is 12.3. The summed E-state index contributed by atoms with van der Waals surface area (Å²) < 4.78 is 160. The van der Waals surface area contributed by atoms with E-state index in [1.807, 2.05) is 0 Å². The van der Waals surface area contributed by atoms with Crippen LogP contribution in [0.25, 0.3) is 0 Å². The van der Waals surface area contributed by atoms with Gasteiger partial charge in [-0.25, -0.2) is 54.3 Å². The van der Waals surface area contributed by atoms with Crippen LogP contribution in [0, 0.1) is 26.7 Å². The van der Waals surface area contributed by atoms with Crippen LogP contribution in [0.2, 0.25) is 0 Å². The van der Waals surface area contributed by atoms with E-state index < -0.39 is 114 Å². The minimum Gasteiger partial charge on any atom is -0.478 e. The zero-order valence-electron chi connectivity index (χ0n) is 36.2. The fourth-order valence-electron chi connectivity index (χ4n) is 1.55. The van der Waals surface area contributed by atoms with Gasteiger partial charge in [0.05, 0.1) is 33.0 Å². The van der Waals surface area contributed by atoms with Gasteiger partial charge in [0.1, 0.15) is 32.0 Å². The van der Waals surface area contributed by atoms with Gasteiger partial charge in [-0.15, -0.1) is 0 Å². The number of aliphatic hydroxyl groups is 4. The van der Waals surface area contributed by atoms with E-state index in [0.29, 0.717) is 18.8 Å². The first-order valence-electron chi connectivity index (χ1n) is 16.0. The number of ether oxygens (including phenoxy) is 5. The molecule has 0 bridgehead atoms. The van der Waals surface area contributed by atoms with Crippen molar-refractivity contribution in [3.8, 4) is 0 Å². The molecule has 65 heavy (non-hydrogen) atoms. The molecule has 0 spiro atoms. The molecule has 2 unspecified atom stereocenters. The molecule has 0 saturated carbocycles. The number of esters is 3. The van der Waals surface area contributed by atoms with Crippen LogP contribution in [0.15, 0.2) is 48.6 Å². The average molecular weight is 1990 g/mol. The summed E-state index contributed by atoms with van der Waals surface area (Å²) in [6.45, 7) is 10.3. The normalized spacial score (nSPS) is 12.2. The summed E-state index contributed by atoms with van der Waals surface area (Å²) in [7, 11) is 1.00. The van der Waals surface area contributed by atoms with Crippen LogP contribution in [-0.2, 0) is 42.9 Å². The topological polar surface area (TPSA) is 219 Å². The Morgan fingerprint density at radius 1 is 0.600 bits per heavy atom. The van der Waals surface area contributed by atoms with E-state index in [4.69, 9.17) is 35.0 Å². The van der Waals surface area contributed by atoms with Crippen LogP contribution in [0.4, 0.5) is 52.7 Å². The van der Waals surface area contributed by atoms with Crippen LogP contribution in [0.1, 0.15) is 27.7 Å². The molecule has 1 fully saturated rings. The van der Waals surface area contributed by atoms with E-state index in [1.54, 1.807) is 6.92 Å². The van der Waals surface area contributed by atoms with Gasteiger partial charge >= 0.3 is 23.9 Å². The van der Waals surface area contributed by atoms with Crippen molar-refractivity contribution in [1.29, 1.82) is 0 Å². The summed E-state index contributed by atoms with van der Waals surface area (Å²) in [4.78, 5) is 41.7. The smallest absolute Gasteiger partial charge is 0.333 e. The molecule has 0 aromatic heterocycles. The standard InChI is InChI=1S/C10H14F3O4.C7H8F3O2.C7H10O3.C4H6O2.2C3H4F3O.CH4O.4Rf/c1-7(2)9(15)17-4-8(14)3-16-6-10(12,13)5-11;1-5(2)6(11)12-4-7(9,10)3-8;1-5(2)7(8)10-4-6-3-9-6;1-3(2)4(5)6;2*4-1-3(5,6)2-7;1-2;;;;/h5,8,14H,1,3-4,6H2,2H3;3H,1,4H2,2H3;6H,1,3-4H2,2H3;1H2,2H3,(H,5,6);2*1,7H,2H2;2H,1H3;;;;/q2*-1;;;2*-1;;;;;. The quantitative estimate of drug-likeness (QED) is 0.0259. The first-order chi connectivity index (χ1) is 27.8. The number of hydrogen-bond acceptors (Lipinski definition) is 13. The molecule has 1 rings (SSSR count). The number of halogens is 12. The maximum Gasteiger partial charge on any atom is 0.333 e. The van der Waals surface area contributed by atoms with Gasteiger partial charge in [-0.2, -0.15) is 0 Å². The number of hydrogen-bond donors (Lipinski definition) is 5. The zero-order chi connectivity index (χ0) is 49.8. The Balaban J connectivity index is -0.0000000708. The SMILES string of the molecule is C=C(C)C(=O)O.C=C(C)C(=O)OCC(F)(F)[CH-]F.C=C(C)C(=O)OCC(O)COCC(F)(F)[CH-]F.C=C(C)C(=O)OCC1CO1.CO.OCC(F)(F)[CH-]F.OCC(F)(F)[CH-]F.[Rf].[Rf].[Rf].[Rf]. The maximum absolute atomic E-state index is 12.3. The average Bonchev–Trinajstić information content (AvgIpc) is 4.04. The minimum absolute atomic E-state index is 0. The van der Waals surface area contributed by atoms with E-state index in [9.17, 15) is 71.9 Å². The Bertz CT molecular complexity index is 1260. The summed E-state index contributed by atoms with van der Waals surface area (Å²) >= 11 is 0. The van der Waals surface area contributed by atoms with Gasteiger partial charge in [-0.3, -0.25) is 0 Å². The molecule has 1 saturated heterocycles. The van der Waals surface area contributed by atoms with Crippen molar-refractivity contribution in [2.24, 2.45) is 0 Å². The molecule has 1 aliphatic rings. The second-order valence-corrected chi connectivity index (χ2v) is 11.1. The van der Waals surface area contributed by atoms with Crippen LogP contribution < -0.4 is 0 Å². The van der Waals surface area contributed by atoms with Crippen LogP contribution in [-0.4, -0.2) is 145 Å². The van der Waals surface area contributed by atoms with Gasteiger partial charge in [-0.1, -0.05) is 53.0 Å². The first kappa shape index (κ1) is 80.7. The predicted octanol–water partition coefficient (Wildman–Crippen LogP) is 5.37. The van der Waals surface area contributed by atoms with E-state index in [0.717, 1.165) is 7.11 Å². The molecule has 370 valence electrons. The summed E-state index contributed by atoms with van der Waals surface area (Å²) in [5.74, 6) is -17.6. The Morgan fingerprint density at radius 3 is 1.14 bits per heavy atom. The summed E-state index contributed by atoms with van der Waals surface area (Å²) in [5, 5.41) is 39.2. The molecule has 5 N–H and O–H groups in total. The van der Waals surface area contributed by atoms with Gasteiger partial charge in [0.15, 0.2) is 23.7 Å². The Labute approximate surface area is 344 Å².